The highest BCUT2D eigenvalue weighted by Crippen LogP contribution is 2.44. The van der Waals surface area contributed by atoms with Gasteiger partial charge in [0.1, 0.15) is 19.3 Å². The molecule has 0 bridgehead atoms. The van der Waals surface area contributed by atoms with Crippen LogP contribution in [-0.4, -0.2) is 61.9 Å². The highest BCUT2D eigenvalue weighted by atomic mass is 19.3. The molecule has 1 atom stereocenters. The molecule has 0 aromatic heterocycles. The zero-order valence-electron chi connectivity index (χ0n) is 17.6. The largest absolute Gasteiger partial charge is 0.481 e. The summed E-state index contributed by atoms with van der Waals surface area (Å²) in [6.45, 7) is -0.413. The van der Waals surface area contributed by atoms with Gasteiger partial charge in [-0.2, -0.15) is 0 Å². The molecule has 0 saturated heterocycles. The van der Waals surface area contributed by atoms with Crippen LogP contribution >= 0.6 is 0 Å². The lowest BCUT2D eigenvalue weighted by Gasteiger charge is -2.16. The average Bonchev–Trinajstić information content (AvgIpc) is 3.10. The van der Waals surface area contributed by atoms with E-state index in [1.165, 1.54) is 0 Å². The fourth-order valence-corrected chi connectivity index (χ4v) is 3.68. The third-order valence-corrected chi connectivity index (χ3v) is 5.14. The quantitative estimate of drug-likeness (QED) is 0.443. The fraction of sp³-hybridized carbons (Fsp3) is 0.348. The number of carbonyl (C=O) groups is 3. The van der Waals surface area contributed by atoms with Crippen molar-refractivity contribution in [3.05, 3.63) is 59.7 Å². The molecule has 2 amide bonds. The first-order chi connectivity index (χ1) is 15.9. The third-order valence-electron chi connectivity index (χ3n) is 5.14. The van der Waals surface area contributed by atoms with Crippen molar-refractivity contribution in [3.8, 4) is 11.1 Å². The molecular formula is C23H24F2N2O6. The normalized spacial score (nSPS) is 13.2. The summed E-state index contributed by atoms with van der Waals surface area (Å²) < 4.78 is 35.8. The number of ether oxygens (including phenoxy) is 2. The van der Waals surface area contributed by atoms with Gasteiger partial charge >= 0.3 is 12.1 Å². The van der Waals surface area contributed by atoms with Crippen LogP contribution in [0.15, 0.2) is 48.5 Å². The Morgan fingerprint density at radius 1 is 1.00 bits per heavy atom. The smallest absolute Gasteiger partial charge is 0.407 e. The van der Waals surface area contributed by atoms with Crippen LogP contribution < -0.4 is 10.6 Å². The molecule has 0 fully saturated rings. The summed E-state index contributed by atoms with van der Waals surface area (Å²) in [4.78, 5) is 34.2. The standard InChI is InChI=1S/C23H24F2N2O6/c24-22(25)19(11-21(29)30)27-20(28)13-32-10-9-26-23(31)33-12-18-16-7-3-1-5-14(16)15-6-2-4-8-17(15)18/h1-8,18-19,22H,9-13H2,(H,26,31)(H,27,28)(H,29,30). The second-order valence-electron chi connectivity index (χ2n) is 7.41. The highest BCUT2D eigenvalue weighted by molar-refractivity contribution is 5.79. The van der Waals surface area contributed by atoms with Crippen LogP contribution in [0.5, 0.6) is 0 Å². The Hall–Kier alpha value is -3.53. The molecule has 0 saturated carbocycles. The van der Waals surface area contributed by atoms with Crippen LogP contribution in [0.1, 0.15) is 23.5 Å². The number of nitrogens with one attached hydrogen (secondary N) is 2. The van der Waals surface area contributed by atoms with E-state index in [4.69, 9.17) is 14.6 Å². The van der Waals surface area contributed by atoms with Gasteiger partial charge < -0.3 is 25.2 Å². The van der Waals surface area contributed by atoms with E-state index in [0.29, 0.717) is 0 Å². The van der Waals surface area contributed by atoms with Crippen molar-refractivity contribution >= 4 is 18.0 Å². The van der Waals surface area contributed by atoms with Crippen molar-refractivity contribution in [1.82, 2.24) is 10.6 Å². The topological polar surface area (TPSA) is 114 Å². The fourth-order valence-electron chi connectivity index (χ4n) is 3.68. The second-order valence-corrected chi connectivity index (χ2v) is 7.41. The first-order valence-electron chi connectivity index (χ1n) is 10.3. The lowest BCUT2D eigenvalue weighted by molar-refractivity contribution is -0.139. The molecule has 0 heterocycles. The molecule has 2 aromatic rings. The third kappa shape index (κ3) is 6.48. The Morgan fingerprint density at radius 3 is 2.18 bits per heavy atom. The van der Waals surface area contributed by atoms with Crippen LogP contribution in [-0.2, 0) is 19.1 Å². The van der Waals surface area contributed by atoms with Crippen LogP contribution in [0.2, 0.25) is 0 Å². The molecule has 3 rings (SSSR count). The Kier molecular flexibility index (Phi) is 8.31. The lowest BCUT2D eigenvalue weighted by atomic mass is 9.98. The molecule has 0 radical (unpaired) electrons. The summed E-state index contributed by atoms with van der Waals surface area (Å²) in [5.74, 6) is -2.40. The minimum Gasteiger partial charge on any atom is -0.481 e. The van der Waals surface area contributed by atoms with Gasteiger partial charge in [0.15, 0.2) is 0 Å². The van der Waals surface area contributed by atoms with Crippen molar-refractivity contribution in [3.63, 3.8) is 0 Å². The van der Waals surface area contributed by atoms with Gasteiger partial charge in [0.05, 0.1) is 13.0 Å². The van der Waals surface area contributed by atoms with Gasteiger partial charge in [-0.25, -0.2) is 13.6 Å². The van der Waals surface area contributed by atoms with Crippen molar-refractivity contribution < 1.29 is 37.7 Å². The summed E-state index contributed by atoms with van der Waals surface area (Å²) in [6, 6.07) is 14.1. The Labute approximate surface area is 188 Å². The molecule has 176 valence electrons. The molecule has 8 nitrogen and oxygen atoms in total. The maximum Gasteiger partial charge on any atom is 0.407 e. The van der Waals surface area contributed by atoms with Gasteiger partial charge in [-0.05, 0) is 22.3 Å². The average molecular weight is 462 g/mol. The number of hydrogen-bond acceptors (Lipinski definition) is 5. The number of alkyl halides is 2. The predicted molar refractivity (Wildman–Crippen MR) is 114 cm³/mol. The Bertz CT molecular complexity index is 955. The van der Waals surface area contributed by atoms with Gasteiger partial charge in [0.25, 0.3) is 6.43 Å². The van der Waals surface area contributed by atoms with Crippen LogP contribution in [0.25, 0.3) is 11.1 Å². The van der Waals surface area contributed by atoms with Crippen molar-refractivity contribution in [2.24, 2.45) is 0 Å². The van der Waals surface area contributed by atoms with E-state index >= 15 is 0 Å². The summed E-state index contributed by atoms with van der Waals surface area (Å²) in [5, 5.41) is 13.0. The van der Waals surface area contributed by atoms with E-state index < -0.39 is 43.5 Å². The van der Waals surface area contributed by atoms with Crippen LogP contribution in [0.3, 0.4) is 0 Å². The van der Waals surface area contributed by atoms with Crippen LogP contribution in [0, 0.1) is 0 Å². The zero-order chi connectivity index (χ0) is 23.8. The molecule has 1 aliphatic carbocycles. The minimum absolute atomic E-state index is 0.0390. The van der Waals surface area contributed by atoms with Gasteiger partial charge in [0, 0.05) is 12.5 Å². The number of alkyl carbamates (subject to hydrolysis) is 1. The summed E-state index contributed by atoms with van der Waals surface area (Å²) in [7, 11) is 0. The molecule has 1 aliphatic rings. The first kappa shape index (κ1) is 24.1. The molecule has 0 spiro atoms. The molecular weight excluding hydrogens is 438 g/mol. The molecule has 10 heteroatoms. The molecule has 1 unspecified atom stereocenters. The lowest BCUT2D eigenvalue weighted by Crippen LogP contribution is -2.43. The van der Waals surface area contributed by atoms with E-state index in [2.05, 4.69) is 5.32 Å². The zero-order valence-corrected chi connectivity index (χ0v) is 17.6. The molecule has 2 aromatic carbocycles. The number of rotatable bonds is 11. The Morgan fingerprint density at radius 2 is 1.61 bits per heavy atom. The SMILES string of the molecule is O=C(O)CC(NC(=O)COCCNC(=O)OCC1c2ccccc2-c2ccccc21)C(F)F. The number of halogens is 2. The van der Waals surface area contributed by atoms with E-state index in [-0.39, 0.29) is 25.7 Å². The minimum atomic E-state index is -3.01. The maximum atomic E-state index is 12.7. The second kappa shape index (κ2) is 11.4. The van der Waals surface area contributed by atoms with Gasteiger partial charge in [-0.15, -0.1) is 0 Å². The van der Waals surface area contributed by atoms with Gasteiger partial charge in [-0.1, -0.05) is 48.5 Å². The molecule has 0 aliphatic heterocycles. The monoisotopic (exact) mass is 462 g/mol. The number of carbonyl (C=O) groups excluding carboxylic acids is 2. The number of hydrogen-bond donors (Lipinski definition) is 3. The summed E-state index contributed by atoms with van der Waals surface area (Å²) in [5.41, 5.74) is 4.41. The number of aliphatic carboxylic acids is 1. The number of benzene rings is 2. The highest BCUT2D eigenvalue weighted by Gasteiger charge is 2.29. The number of amides is 2. The number of carboxylic acids is 1. The van der Waals surface area contributed by atoms with E-state index in [1.54, 1.807) is 0 Å². The van der Waals surface area contributed by atoms with Crippen LogP contribution in [0.4, 0.5) is 13.6 Å². The summed E-state index contributed by atoms with van der Waals surface area (Å²) >= 11 is 0. The Balaban J connectivity index is 1.37. The first-order valence-corrected chi connectivity index (χ1v) is 10.3. The van der Waals surface area contributed by atoms with E-state index in [9.17, 15) is 23.2 Å². The maximum absolute atomic E-state index is 12.7. The van der Waals surface area contributed by atoms with E-state index in [1.807, 2.05) is 53.8 Å². The van der Waals surface area contributed by atoms with Gasteiger partial charge in [0.2, 0.25) is 5.91 Å². The number of carboxylic acid groups (broad SMARTS) is 1. The van der Waals surface area contributed by atoms with E-state index in [0.717, 1.165) is 22.3 Å². The van der Waals surface area contributed by atoms with Crippen molar-refractivity contribution in [1.29, 1.82) is 0 Å². The predicted octanol–water partition coefficient (Wildman–Crippen LogP) is 2.77. The molecule has 33 heavy (non-hydrogen) atoms. The van der Waals surface area contributed by atoms with Crippen molar-refractivity contribution in [2.75, 3.05) is 26.4 Å². The number of fused-ring (bicyclic) bond motifs is 3. The van der Waals surface area contributed by atoms with Crippen molar-refractivity contribution in [2.45, 2.75) is 24.8 Å². The molecule has 3 N–H and O–H groups in total. The van der Waals surface area contributed by atoms with Gasteiger partial charge in [-0.3, -0.25) is 9.59 Å². The summed E-state index contributed by atoms with van der Waals surface area (Å²) in [6.07, 6.45) is -4.56.